The number of hydrogen-bond donors (Lipinski definition) is 5. The second-order valence-corrected chi connectivity index (χ2v) is 7.73. The number of ketones is 2. The Morgan fingerprint density at radius 3 is 2.21 bits per heavy atom. The fourth-order valence-corrected chi connectivity index (χ4v) is 3.59. The van der Waals surface area contributed by atoms with E-state index in [9.17, 15) is 39.9 Å². The fraction of sp³-hybridized carbons (Fsp3) is 0.526. The lowest BCUT2D eigenvalue weighted by molar-refractivity contribution is -0.121. The molecule has 5 N–H and O–H groups in total. The van der Waals surface area contributed by atoms with E-state index in [1.165, 1.54) is 0 Å². The number of fused-ring (bicyclic) bond motifs is 1. The van der Waals surface area contributed by atoms with Crippen molar-refractivity contribution in [3.8, 4) is 11.5 Å². The number of cyclic esters (lactones) is 1. The molecule has 10 heteroatoms. The molecule has 2 rings (SSSR count). The Bertz CT molecular complexity index is 822. The van der Waals surface area contributed by atoms with Crippen LogP contribution in [0.1, 0.15) is 53.8 Å². The van der Waals surface area contributed by atoms with Crippen molar-refractivity contribution in [2.75, 3.05) is 0 Å². The quantitative estimate of drug-likeness (QED) is 0.298. The summed E-state index contributed by atoms with van der Waals surface area (Å²) in [4.78, 5) is 37.6. The number of halogens is 1. The molecule has 160 valence electrons. The Balaban J connectivity index is 2.58. The SMILES string of the molecule is CC1CC(O)[C@@H](O)[C@@H](O)CC(=O)C(=O)c2c(Cl)c(O)cc(O)c2C(=O)O[C@@H](C)C1. The number of esters is 1. The average Bonchev–Trinajstić information content (AvgIpc) is 2.61. The Kier molecular flexibility index (Phi) is 7.23. The highest BCUT2D eigenvalue weighted by molar-refractivity contribution is 6.49. The number of carbonyl (C=O) groups excluding carboxylic acids is 3. The zero-order valence-electron chi connectivity index (χ0n) is 15.8. The number of phenols is 2. The van der Waals surface area contributed by atoms with E-state index >= 15 is 0 Å². The number of Topliss-reactive ketones (excluding diaryl/α,β-unsaturated/α-hetero) is 2. The summed E-state index contributed by atoms with van der Waals surface area (Å²) in [6.07, 6.45) is -6.11. The second-order valence-electron chi connectivity index (χ2n) is 7.35. The van der Waals surface area contributed by atoms with Crippen molar-refractivity contribution in [3.05, 3.63) is 22.2 Å². The van der Waals surface area contributed by atoms with Gasteiger partial charge in [-0.25, -0.2) is 4.79 Å². The predicted molar refractivity (Wildman–Crippen MR) is 100 cm³/mol. The molecule has 0 bridgehead atoms. The summed E-state index contributed by atoms with van der Waals surface area (Å²) < 4.78 is 5.24. The normalized spacial score (nSPS) is 29.7. The van der Waals surface area contributed by atoms with Crippen molar-refractivity contribution in [1.82, 2.24) is 0 Å². The summed E-state index contributed by atoms with van der Waals surface area (Å²) in [6, 6.07) is 0.742. The minimum atomic E-state index is -1.76. The number of rotatable bonds is 0. The van der Waals surface area contributed by atoms with E-state index in [1.807, 2.05) is 0 Å². The van der Waals surface area contributed by atoms with Crippen LogP contribution >= 0.6 is 11.6 Å². The third-order valence-electron chi connectivity index (χ3n) is 4.78. The van der Waals surface area contributed by atoms with Crippen LogP contribution in [-0.4, -0.2) is 67.5 Å². The zero-order valence-corrected chi connectivity index (χ0v) is 16.6. The van der Waals surface area contributed by atoms with Crippen molar-refractivity contribution in [2.24, 2.45) is 5.92 Å². The standard InChI is InChI=1S/C19H23ClO9/c1-7-3-8(2)29-19(28)14-9(21)5-10(22)16(20)15(14)18(27)13(25)6-12(24)17(26)11(23)4-7/h5,7-8,11-12,17,21-24,26H,3-4,6H2,1-2H3/t7?,8-,11?,12-,17+/m0/s1. The largest absolute Gasteiger partial charge is 0.507 e. The van der Waals surface area contributed by atoms with Crippen LogP contribution in [0.4, 0.5) is 0 Å². The molecule has 9 nitrogen and oxygen atoms in total. The van der Waals surface area contributed by atoms with Gasteiger partial charge in [-0.3, -0.25) is 9.59 Å². The highest BCUT2D eigenvalue weighted by atomic mass is 35.5. The van der Waals surface area contributed by atoms with E-state index in [2.05, 4.69) is 0 Å². The topological polar surface area (TPSA) is 162 Å². The number of benzene rings is 1. The average molecular weight is 431 g/mol. The minimum absolute atomic E-state index is 0.0454. The molecule has 0 amide bonds. The van der Waals surface area contributed by atoms with Gasteiger partial charge in [0.1, 0.15) is 23.2 Å². The maximum absolute atomic E-state index is 12.6. The molecule has 0 saturated carbocycles. The van der Waals surface area contributed by atoms with Crippen molar-refractivity contribution in [1.29, 1.82) is 0 Å². The molecule has 1 heterocycles. The molecular formula is C19H23ClO9. The molecule has 2 unspecified atom stereocenters. The molecule has 0 saturated heterocycles. The van der Waals surface area contributed by atoms with E-state index in [0.29, 0.717) is 0 Å². The fourth-order valence-electron chi connectivity index (χ4n) is 3.35. The van der Waals surface area contributed by atoms with E-state index in [0.717, 1.165) is 6.07 Å². The van der Waals surface area contributed by atoms with Crippen molar-refractivity contribution < 1.29 is 44.7 Å². The van der Waals surface area contributed by atoms with Gasteiger partial charge in [-0.1, -0.05) is 18.5 Å². The zero-order chi connectivity index (χ0) is 22.0. The van der Waals surface area contributed by atoms with E-state index in [1.54, 1.807) is 13.8 Å². The molecule has 0 aliphatic carbocycles. The summed E-state index contributed by atoms with van der Waals surface area (Å²) in [7, 11) is 0. The van der Waals surface area contributed by atoms with Crippen molar-refractivity contribution in [2.45, 2.75) is 57.5 Å². The number of aromatic hydroxyl groups is 2. The first kappa shape index (κ1) is 23.1. The van der Waals surface area contributed by atoms with Crippen LogP contribution in [0.5, 0.6) is 11.5 Å². The Morgan fingerprint density at radius 2 is 1.59 bits per heavy atom. The van der Waals surface area contributed by atoms with Gasteiger partial charge in [0, 0.05) is 12.5 Å². The summed E-state index contributed by atoms with van der Waals surface area (Å²) in [5.74, 6) is -5.54. The number of phenolic OH excluding ortho intramolecular Hbond substituents is 2. The maximum atomic E-state index is 12.6. The van der Waals surface area contributed by atoms with Gasteiger partial charge in [-0.15, -0.1) is 0 Å². The van der Waals surface area contributed by atoms with Gasteiger partial charge in [0.2, 0.25) is 11.6 Å². The third-order valence-corrected chi connectivity index (χ3v) is 5.16. The molecule has 5 atom stereocenters. The van der Waals surface area contributed by atoms with Crippen LogP contribution in [0.25, 0.3) is 0 Å². The number of carbonyl (C=O) groups is 3. The lowest BCUT2D eigenvalue weighted by Crippen LogP contribution is -2.40. The predicted octanol–water partition coefficient (Wildman–Crippen LogP) is 0.951. The molecule has 29 heavy (non-hydrogen) atoms. The summed E-state index contributed by atoms with van der Waals surface area (Å²) in [6.45, 7) is 3.27. The third kappa shape index (κ3) is 5.05. The molecule has 0 radical (unpaired) electrons. The Hall–Kier alpha value is -2.20. The van der Waals surface area contributed by atoms with Crippen LogP contribution < -0.4 is 0 Å². The summed E-state index contributed by atoms with van der Waals surface area (Å²) >= 11 is 5.91. The van der Waals surface area contributed by atoms with Crippen LogP contribution in [0.15, 0.2) is 6.07 Å². The van der Waals surface area contributed by atoms with E-state index < -0.39 is 76.0 Å². The van der Waals surface area contributed by atoms with Crippen LogP contribution in [0.3, 0.4) is 0 Å². The number of ether oxygens (including phenoxy) is 1. The van der Waals surface area contributed by atoms with Crippen LogP contribution in [0, 0.1) is 5.92 Å². The van der Waals surface area contributed by atoms with Crippen molar-refractivity contribution in [3.63, 3.8) is 0 Å². The van der Waals surface area contributed by atoms with Gasteiger partial charge in [-0.05, 0) is 25.7 Å². The number of aliphatic hydroxyl groups is 3. The highest BCUT2D eigenvalue weighted by Gasteiger charge is 2.35. The molecular weight excluding hydrogens is 408 g/mol. The second kappa shape index (κ2) is 9.08. The highest BCUT2D eigenvalue weighted by Crippen LogP contribution is 2.37. The first-order valence-electron chi connectivity index (χ1n) is 9.01. The molecule has 1 aromatic rings. The van der Waals surface area contributed by atoms with Gasteiger partial charge >= 0.3 is 5.97 Å². The van der Waals surface area contributed by atoms with Gasteiger partial charge in [0.15, 0.2) is 0 Å². The van der Waals surface area contributed by atoms with Crippen molar-refractivity contribution >= 4 is 29.1 Å². The van der Waals surface area contributed by atoms with E-state index in [4.69, 9.17) is 16.3 Å². The molecule has 0 aromatic heterocycles. The van der Waals surface area contributed by atoms with Gasteiger partial charge in [-0.2, -0.15) is 0 Å². The van der Waals surface area contributed by atoms with Gasteiger partial charge in [0.05, 0.1) is 28.9 Å². The lowest BCUT2D eigenvalue weighted by atomic mass is 9.90. The van der Waals surface area contributed by atoms with E-state index in [-0.39, 0.29) is 18.8 Å². The number of hydrogen-bond acceptors (Lipinski definition) is 9. The molecule has 1 aliphatic heterocycles. The van der Waals surface area contributed by atoms with Crippen LogP contribution in [0.2, 0.25) is 5.02 Å². The molecule has 0 spiro atoms. The molecule has 0 fully saturated rings. The molecule has 1 aliphatic rings. The first-order chi connectivity index (χ1) is 13.4. The number of aliphatic hydroxyl groups excluding tert-OH is 3. The van der Waals surface area contributed by atoms with Gasteiger partial charge < -0.3 is 30.3 Å². The maximum Gasteiger partial charge on any atom is 0.343 e. The van der Waals surface area contributed by atoms with Gasteiger partial charge in [0.25, 0.3) is 0 Å². The lowest BCUT2D eigenvalue weighted by Gasteiger charge is -2.26. The Morgan fingerprint density at radius 1 is 0.966 bits per heavy atom. The summed E-state index contributed by atoms with van der Waals surface area (Å²) in [5.41, 5.74) is -1.45. The summed E-state index contributed by atoms with van der Waals surface area (Å²) in [5, 5.41) is 49.5. The first-order valence-corrected chi connectivity index (χ1v) is 9.38. The smallest absolute Gasteiger partial charge is 0.343 e. The van der Waals surface area contributed by atoms with Crippen LogP contribution in [-0.2, 0) is 9.53 Å². The Labute approximate surface area is 171 Å². The molecule has 1 aromatic carbocycles. The minimum Gasteiger partial charge on any atom is -0.507 e. The monoisotopic (exact) mass is 430 g/mol.